The molecule has 0 fully saturated rings. The maximum atomic E-state index is 13.8. The molecule has 0 saturated heterocycles. The Morgan fingerprint density at radius 3 is 1.66 bits per heavy atom. The fourth-order valence-electron chi connectivity index (χ4n) is 3.48. The lowest BCUT2D eigenvalue weighted by molar-refractivity contribution is 0.103. The highest BCUT2D eigenvalue weighted by Crippen LogP contribution is 2.38. The van der Waals surface area contributed by atoms with Gasteiger partial charge >= 0.3 is 0 Å². The Morgan fingerprint density at radius 1 is 0.657 bits per heavy atom. The smallest absolute Gasteiger partial charge is 0.194 e. The van der Waals surface area contributed by atoms with Crippen LogP contribution in [0, 0.1) is 6.92 Å². The van der Waals surface area contributed by atoms with Gasteiger partial charge in [-0.1, -0.05) is 127 Å². The number of aryl methyl sites for hydroxylation is 1. The molecule has 1 nitrogen and oxygen atoms in total. The minimum absolute atomic E-state index is 0.0494. The van der Waals surface area contributed by atoms with Crippen LogP contribution in [0.2, 0.25) is 0 Å². The summed E-state index contributed by atoms with van der Waals surface area (Å²) in [5.41, 5.74) is 6.14. The van der Waals surface area contributed by atoms with Crippen molar-refractivity contribution in [3.05, 3.63) is 159 Å². The molecule has 174 valence electrons. The average molecular weight is 493 g/mol. The molecular formula is C32H28OS2. The van der Waals surface area contributed by atoms with E-state index >= 15 is 0 Å². The number of Topliss-reactive ketones (excluding diaryl/α,β-unsaturated/α-hetero) is 1. The van der Waals surface area contributed by atoms with E-state index in [2.05, 4.69) is 60.7 Å². The van der Waals surface area contributed by atoms with Gasteiger partial charge in [0.05, 0.1) is 4.24 Å². The Kier molecular flexibility index (Phi) is 9.22. The van der Waals surface area contributed by atoms with Crippen molar-refractivity contribution in [1.29, 1.82) is 0 Å². The fraction of sp³-hybridized carbons (Fsp3) is 0.0938. The number of hydrogen-bond acceptors (Lipinski definition) is 3. The van der Waals surface area contributed by atoms with Gasteiger partial charge in [0.15, 0.2) is 5.78 Å². The number of rotatable bonds is 10. The Hall–Kier alpha value is -3.27. The van der Waals surface area contributed by atoms with Gasteiger partial charge in [0, 0.05) is 22.6 Å². The lowest BCUT2D eigenvalue weighted by Crippen LogP contribution is -2.04. The third-order valence-electron chi connectivity index (χ3n) is 5.45. The molecule has 3 heteroatoms. The summed E-state index contributed by atoms with van der Waals surface area (Å²) in [4.78, 5) is 13.8. The second kappa shape index (κ2) is 13.0. The molecule has 0 aromatic heterocycles. The molecule has 0 aliphatic carbocycles. The van der Waals surface area contributed by atoms with Crippen LogP contribution in [0.1, 0.15) is 32.6 Å². The maximum absolute atomic E-state index is 13.8. The fourth-order valence-corrected chi connectivity index (χ4v) is 5.78. The molecule has 35 heavy (non-hydrogen) atoms. The molecule has 0 amide bonds. The molecule has 0 radical (unpaired) electrons. The monoisotopic (exact) mass is 492 g/mol. The number of carbonyl (C=O) groups excluding carboxylic acids is 1. The zero-order valence-electron chi connectivity index (χ0n) is 19.8. The number of allylic oxidation sites excluding steroid dienone is 2. The Morgan fingerprint density at radius 2 is 1.14 bits per heavy atom. The first-order valence-corrected chi connectivity index (χ1v) is 13.6. The van der Waals surface area contributed by atoms with Gasteiger partial charge in [-0.2, -0.15) is 0 Å². The minimum Gasteiger partial charge on any atom is -0.289 e. The van der Waals surface area contributed by atoms with E-state index < -0.39 is 0 Å². The van der Waals surface area contributed by atoms with Gasteiger partial charge in [0.1, 0.15) is 0 Å². The predicted molar refractivity (Wildman–Crippen MR) is 153 cm³/mol. The van der Waals surface area contributed by atoms with Crippen molar-refractivity contribution in [2.24, 2.45) is 0 Å². The van der Waals surface area contributed by atoms with Crippen LogP contribution in [0.15, 0.2) is 131 Å². The Balaban J connectivity index is 1.72. The Bertz CT molecular complexity index is 1230. The van der Waals surface area contributed by atoms with E-state index in [1.165, 1.54) is 11.1 Å². The summed E-state index contributed by atoms with van der Waals surface area (Å²) >= 11 is 3.47. The normalized spacial score (nSPS) is 10.9. The van der Waals surface area contributed by atoms with Crippen LogP contribution in [0.3, 0.4) is 0 Å². The van der Waals surface area contributed by atoms with Crippen LogP contribution in [0.5, 0.6) is 0 Å². The number of thioether (sulfide) groups is 2. The topological polar surface area (TPSA) is 17.1 Å². The largest absolute Gasteiger partial charge is 0.289 e. The van der Waals surface area contributed by atoms with Gasteiger partial charge in [-0.15, -0.1) is 23.5 Å². The van der Waals surface area contributed by atoms with Crippen LogP contribution in [-0.4, -0.2) is 5.78 Å². The summed E-state index contributed by atoms with van der Waals surface area (Å²) in [6.45, 7) is 2.04. The summed E-state index contributed by atoms with van der Waals surface area (Å²) in [7, 11) is 0. The molecule has 0 N–H and O–H groups in total. The van der Waals surface area contributed by atoms with E-state index in [1.54, 1.807) is 23.5 Å². The van der Waals surface area contributed by atoms with Gasteiger partial charge in [-0.05, 0) is 29.7 Å². The highest BCUT2D eigenvalue weighted by atomic mass is 32.2. The van der Waals surface area contributed by atoms with Crippen molar-refractivity contribution >= 4 is 35.4 Å². The van der Waals surface area contributed by atoms with Gasteiger partial charge in [-0.25, -0.2) is 0 Å². The lowest BCUT2D eigenvalue weighted by atomic mass is 10.0. The average Bonchev–Trinajstić information content (AvgIpc) is 2.92. The molecule has 0 spiro atoms. The molecule has 4 aromatic carbocycles. The van der Waals surface area contributed by atoms with Crippen LogP contribution < -0.4 is 0 Å². The van der Waals surface area contributed by atoms with Gasteiger partial charge in [-0.3, -0.25) is 4.79 Å². The highest BCUT2D eigenvalue weighted by Gasteiger charge is 2.17. The third kappa shape index (κ3) is 7.61. The first-order valence-electron chi connectivity index (χ1n) is 11.6. The standard InChI is InChI=1S/C32H28OS2/c1-25-17-20-29(21-18-25)31(33)30(22-19-26-11-5-2-6-12-26)32(34-23-27-13-7-3-8-14-27)35-24-28-15-9-4-10-16-28/h2-22H,23-24H2,1H3/b22-19+. The quantitative estimate of drug-likeness (QED) is 0.125. The minimum atomic E-state index is 0.0494. The van der Waals surface area contributed by atoms with Crippen molar-refractivity contribution in [3.63, 3.8) is 0 Å². The van der Waals surface area contributed by atoms with Crippen molar-refractivity contribution < 1.29 is 4.79 Å². The zero-order chi connectivity index (χ0) is 24.3. The molecule has 0 aliphatic rings. The second-order valence-corrected chi connectivity index (χ2v) is 10.4. The number of benzene rings is 4. The van der Waals surface area contributed by atoms with Gasteiger partial charge in [0.25, 0.3) is 0 Å². The lowest BCUT2D eigenvalue weighted by Gasteiger charge is -2.13. The molecule has 0 bridgehead atoms. The molecular weight excluding hydrogens is 464 g/mol. The molecule has 4 aromatic rings. The number of hydrogen-bond donors (Lipinski definition) is 0. The van der Waals surface area contributed by atoms with Crippen LogP contribution in [-0.2, 0) is 11.5 Å². The molecule has 0 unspecified atom stereocenters. The summed E-state index contributed by atoms with van der Waals surface area (Å²) in [6, 6.07) is 38.8. The molecule has 0 saturated carbocycles. The van der Waals surface area contributed by atoms with Crippen molar-refractivity contribution in [1.82, 2.24) is 0 Å². The van der Waals surface area contributed by atoms with Gasteiger partial charge in [0.2, 0.25) is 0 Å². The van der Waals surface area contributed by atoms with E-state index in [4.69, 9.17) is 0 Å². The maximum Gasteiger partial charge on any atom is 0.194 e. The van der Waals surface area contributed by atoms with Gasteiger partial charge < -0.3 is 0 Å². The number of carbonyl (C=O) groups is 1. The van der Waals surface area contributed by atoms with E-state index in [0.717, 1.165) is 32.4 Å². The SMILES string of the molecule is Cc1ccc(C(=O)C(/C=C/c2ccccc2)=C(SCc2ccccc2)SCc2ccccc2)cc1. The molecule has 0 atom stereocenters. The van der Waals surface area contributed by atoms with Crippen molar-refractivity contribution in [3.8, 4) is 0 Å². The Labute approximate surface area is 217 Å². The molecule has 4 rings (SSSR count). The summed E-state index contributed by atoms with van der Waals surface area (Å²) in [5.74, 6) is 1.66. The summed E-state index contributed by atoms with van der Waals surface area (Å²) in [5, 5.41) is 0. The molecule has 0 heterocycles. The highest BCUT2D eigenvalue weighted by molar-refractivity contribution is 8.21. The van der Waals surface area contributed by atoms with E-state index in [9.17, 15) is 4.79 Å². The van der Waals surface area contributed by atoms with E-state index in [1.807, 2.05) is 73.7 Å². The first-order chi connectivity index (χ1) is 17.2. The van der Waals surface area contributed by atoms with E-state index in [0.29, 0.717) is 5.56 Å². The summed E-state index contributed by atoms with van der Waals surface area (Å²) in [6.07, 6.45) is 4.02. The van der Waals surface area contributed by atoms with Crippen molar-refractivity contribution in [2.75, 3.05) is 0 Å². The van der Waals surface area contributed by atoms with E-state index in [-0.39, 0.29) is 5.78 Å². The first kappa shape index (κ1) is 24.8. The second-order valence-electron chi connectivity index (χ2n) is 8.19. The van der Waals surface area contributed by atoms with Crippen LogP contribution in [0.25, 0.3) is 6.08 Å². The third-order valence-corrected chi connectivity index (χ3v) is 8.07. The van der Waals surface area contributed by atoms with Crippen LogP contribution >= 0.6 is 23.5 Å². The molecule has 0 aliphatic heterocycles. The summed E-state index contributed by atoms with van der Waals surface area (Å²) < 4.78 is 1.04. The van der Waals surface area contributed by atoms with Crippen molar-refractivity contribution in [2.45, 2.75) is 18.4 Å². The number of ketones is 1. The van der Waals surface area contributed by atoms with Crippen LogP contribution in [0.4, 0.5) is 0 Å². The predicted octanol–water partition coefficient (Wildman–Crippen LogP) is 8.97. The zero-order valence-corrected chi connectivity index (χ0v) is 21.4.